The minimum absolute atomic E-state index is 0.0204. The average Bonchev–Trinajstić information content (AvgIpc) is 3.22. The molecule has 1 aliphatic rings. The minimum atomic E-state index is -0.503. The molecule has 8 nitrogen and oxygen atoms in total. The standard InChI is InChI=1S/C29H38N2O6/c1-21(16-18-36-22(2)14-15-29(34)37-31(3)28(33)13-8-17-32)30-20-35-19-27-25-11-6-4-9-23(25)24-10-5-7-12-26(24)27/h4-7,9-12,17,21-22,27,30H,8,13-16,18-20H2,1-3H3. The fourth-order valence-electron chi connectivity index (χ4n) is 4.36. The van der Waals surface area contributed by atoms with Crippen molar-refractivity contribution in [2.24, 2.45) is 0 Å². The van der Waals surface area contributed by atoms with Gasteiger partial charge in [-0.1, -0.05) is 48.5 Å². The molecule has 0 aliphatic heterocycles. The van der Waals surface area contributed by atoms with Gasteiger partial charge in [-0.3, -0.25) is 10.1 Å². The molecule has 0 heterocycles. The number of nitrogens with one attached hydrogen (secondary N) is 1. The van der Waals surface area contributed by atoms with Crippen LogP contribution >= 0.6 is 0 Å². The summed E-state index contributed by atoms with van der Waals surface area (Å²) in [6.07, 6.45) is 2.11. The number of amides is 1. The zero-order valence-corrected chi connectivity index (χ0v) is 22.0. The van der Waals surface area contributed by atoms with Crippen LogP contribution in [0.15, 0.2) is 48.5 Å². The SMILES string of the molecule is CC(CCOC(C)CCC(=O)ON(C)C(=O)CCC=O)NCOCC1c2ccccc2-c2ccccc21. The molecule has 8 heteroatoms. The van der Waals surface area contributed by atoms with E-state index in [2.05, 4.69) is 60.8 Å². The van der Waals surface area contributed by atoms with E-state index in [9.17, 15) is 14.4 Å². The van der Waals surface area contributed by atoms with E-state index in [4.69, 9.17) is 14.3 Å². The van der Waals surface area contributed by atoms with Crippen molar-refractivity contribution in [3.8, 4) is 11.1 Å². The Hall–Kier alpha value is -3.07. The van der Waals surface area contributed by atoms with Crippen molar-refractivity contribution in [2.75, 3.05) is 27.0 Å². The van der Waals surface area contributed by atoms with Gasteiger partial charge in [0.1, 0.15) is 6.29 Å². The van der Waals surface area contributed by atoms with Crippen molar-refractivity contribution >= 4 is 18.2 Å². The van der Waals surface area contributed by atoms with Gasteiger partial charge in [0.15, 0.2) is 0 Å². The Labute approximate surface area is 219 Å². The number of ether oxygens (including phenoxy) is 2. The highest BCUT2D eigenvalue weighted by atomic mass is 16.7. The molecule has 2 aromatic rings. The van der Waals surface area contributed by atoms with Crippen LogP contribution in [-0.2, 0) is 28.7 Å². The molecule has 1 N–H and O–H groups in total. The number of carbonyl (C=O) groups excluding carboxylic acids is 3. The minimum Gasteiger partial charge on any atom is -0.378 e. The first-order valence-electron chi connectivity index (χ1n) is 12.9. The molecule has 0 bridgehead atoms. The summed E-state index contributed by atoms with van der Waals surface area (Å²) >= 11 is 0. The second-order valence-electron chi connectivity index (χ2n) is 9.42. The number of carbonyl (C=O) groups is 3. The van der Waals surface area contributed by atoms with Crippen LogP contribution in [0, 0.1) is 0 Å². The lowest BCUT2D eigenvalue weighted by Gasteiger charge is -2.19. The predicted molar refractivity (Wildman–Crippen MR) is 141 cm³/mol. The molecule has 1 amide bonds. The van der Waals surface area contributed by atoms with E-state index in [1.807, 2.05) is 6.92 Å². The first kappa shape index (κ1) is 28.5. The first-order chi connectivity index (χ1) is 17.9. The molecule has 3 rings (SSSR count). The van der Waals surface area contributed by atoms with E-state index >= 15 is 0 Å². The zero-order chi connectivity index (χ0) is 26.6. The summed E-state index contributed by atoms with van der Waals surface area (Å²) in [5, 5.41) is 4.28. The molecule has 0 aromatic heterocycles. The molecule has 0 fully saturated rings. The van der Waals surface area contributed by atoms with Gasteiger partial charge in [-0.2, -0.15) is 5.06 Å². The fraction of sp³-hybridized carbons (Fsp3) is 0.483. The monoisotopic (exact) mass is 510 g/mol. The van der Waals surface area contributed by atoms with Crippen LogP contribution in [0.3, 0.4) is 0 Å². The number of rotatable bonds is 15. The number of hydrogen-bond acceptors (Lipinski definition) is 7. The summed E-state index contributed by atoms with van der Waals surface area (Å²) in [4.78, 5) is 39.0. The molecule has 0 spiro atoms. The number of nitrogens with zero attached hydrogens (tertiary/aromatic N) is 1. The summed E-state index contributed by atoms with van der Waals surface area (Å²) in [7, 11) is 1.37. The maximum absolute atomic E-state index is 11.9. The highest BCUT2D eigenvalue weighted by Crippen LogP contribution is 2.44. The smallest absolute Gasteiger partial charge is 0.332 e. The van der Waals surface area contributed by atoms with Crippen molar-refractivity contribution in [3.63, 3.8) is 0 Å². The van der Waals surface area contributed by atoms with E-state index in [0.717, 1.165) is 11.5 Å². The maximum atomic E-state index is 11.9. The highest BCUT2D eigenvalue weighted by molar-refractivity contribution is 5.79. The Morgan fingerprint density at radius 1 is 1.00 bits per heavy atom. The fourth-order valence-corrected chi connectivity index (χ4v) is 4.36. The molecule has 1 aliphatic carbocycles. The van der Waals surface area contributed by atoms with Crippen molar-refractivity contribution < 1.29 is 28.7 Å². The van der Waals surface area contributed by atoms with E-state index < -0.39 is 11.9 Å². The molecule has 2 unspecified atom stereocenters. The Morgan fingerprint density at radius 2 is 1.65 bits per heavy atom. The van der Waals surface area contributed by atoms with Gasteiger partial charge >= 0.3 is 5.97 Å². The van der Waals surface area contributed by atoms with E-state index in [0.29, 0.717) is 32.7 Å². The predicted octanol–water partition coefficient (Wildman–Crippen LogP) is 4.22. The van der Waals surface area contributed by atoms with Gasteiger partial charge in [-0.05, 0) is 48.9 Å². The third kappa shape index (κ3) is 8.49. The topological polar surface area (TPSA) is 94.2 Å². The largest absolute Gasteiger partial charge is 0.378 e. The molecule has 2 atom stereocenters. The van der Waals surface area contributed by atoms with Gasteiger partial charge in [0.05, 0.1) is 25.9 Å². The molecule has 37 heavy (non-hydrogen) atoms. The second kappa shape index (κ2) is 14.6. The highest BCUT2D eigenvalue weighted by Gasteiger charge is 2.27. The van der Waals surface area contributed by atoms with E-state index in [-0.39, 0.29) is 37.3 Å². The van der Waals surface area contributed by atoms with E-state index in [1.165, 1.54) is 29.3 Å². The van der Waals surface area contributed by atoms with Gasteiger partial charge in [-0.25, -0.2) is 4.79 Å². The molecular weight excluding hydrogens is 472 g/mol. The van der Waals surface area contributed by atoms with Crippen molar-refractivity contribution in [2.45, 2.75) is 64.0 Å². The van der Waals surface area contributed by atoms with Crippen molar-refractivity contribution in [1.82, 2.24) is 10.4 Å². The summed E-state index contributed by atoms with van der Waals surface area (Å²) in [6.45, 7) is 5.63. The molecule has 2 aromatic carbocycles. The summed E-state index contributed by atoms with van der Waals surface area (Å²) in [5.74, 6) is -0.667. The van der Waals surface area contributed by atoms with Gasteiger partial charge < -0.3 is 19.1 Å². The average molecular weight is 511 g/mol. The van der Waals surface area contributed by atoms with Gasteiger partial charge in [0, 0.05) is 38.5 Å². The Morgan fingerprint density at radius 3 is 2.30 bits per heavy atom. The summed E-state index contributed by atoms with van der Waals surface area (Å²) in [6, 6.07) is 17.3. The Kier molecular flexibility index (Phi) is 11.3. The van der Waals surface area contributed by atoms with Crippen molar-refractivity contribution in [1.29, 1.82) is 0 Å². The number of aldehydes is 1. The molecular formula is C29H38N2O6. The number of benzene rings is 2. The van der Waals surface area contributed by atoms with Crippen LogP contribution < -0.4 is 5.32 Å². The van der Waals surface area contributed by atoms with Crippen LogP contribution in [0.1, 0.15) is 63.0 Å². The van der Waals surface area contributed by atoms with Crippen LogP contribution in [0.2, 0.25) is 0 Å². The summed E-state index contributed by atoms with van der Waals surface area (Å²) in [5.41, 5.74) is 5.23. The molecule has 0 saturated carbocycles. The van der Waals surface area contributed by atoms with Crippen LogP contribution in [-0.4, -0.2) is 62.4 Å². The molecule has 0 radical (unpaired) electrons. The summed E-state index contributed by atoms with van der Waals surface area (Å²) < 4.78 is 11.8. The number of hydrogen-bond donors (Lipinski definition) is 1. The van der Waals surface area contributed by atoms with Crippen LogP contribution in [0.4, 0.5) is 0 Å². The Bertz CT molecular complexity index is 997. The quantitative estimate of drug-likeness (QED) is 0.166. The van der Waals surface area contributed by atoms with Gasteiger partial charge in [0.2, 0.25) is 0 Å². The van der Waals surface area contributed by atoms with Crippen LogP contribution in [0.5, 0.6) is 0 Å². The lowest BCUT2D eigenvalue weighted by Crippen LogP contribution is -2.31. The van der Waals surface area contributed by atoms with E-state index in [1.54, 1.807) is 0 Å². The normalized spacial score (nSPS) is 13.9. The van der Waals surface area contributed by atoms with Crippen LogP contribution in [0.25, 0.3) is 11.1 Å². The van der Waals surface area contributed by atoms with Crippen molar-refractivity contribution in [3.05, 3.63) is 59.7 Å². The Balaban J connectivity index is 1.27. The number of hydroxylamine groups is 2. The lowest BCUT2D eigenvalue weighted by atomic mass is 9.98. The number of fused-ring (bicyclic) bond motifs is 3. The maximum Gasteiger partial charge on any atom is 0.332 e. The third-order valence-electron chi connectivity index (χ3n) is 6.56. The zero-order valence-electron chi connectivity index (χ0n) is 22.0. The van der Waals surface area contributed by atoms with Gasteiger partial charge in [-0.15, -0.1) is 0 Å². The first-order valence-corrected chi connectivity index (χ1v) is 12.9. The molecule has 0 saturated heterocycles. The second-order valence-corrected chi connectivity index (χ2v) is 9.42. The third-order valence-corrected chi connectivity index (χ3v) is 6.56. The molecule has 200 valence electrons. The lowest BCUT2D eigenvalue weighted by molar-refractivity contribution is -0.193. The van der Waals surface area contributed by atoms with Gasteiger partial charge in [0.25, 0.3) is 5.91 Å².